The van der Waals surface area contributed by atoms with E-state index in [0.717, 1.165) is 39.3 Å². The largest absolute Gasteiger partial charge is 0.340 e. The number of carbonyl (C=O) groups excluding carboxylic acids is 2. The molecule has 6 heteroatoms. The molecule has 28 heavy (non-hydrogen) atoms. The molecule has 0 saturated heterocycles. The van der Waals surface area contributed by atoms with Crippen molar-refractivity contribution in [3.63, 3.8) is 0 Å². The molecule has 0 saturated carbocycles. The van der Waals surface area contributed by atoms with Gasteiger partial charge in [-0.1, -0.05) is 27.7 Å². The van der Waals surface area contributed by atoms with Crippen LogP contribution in [0, 0.1) is 0 Å². The molecule has 0 heterocycles. The Labute approximate surface area is 171 Å². The second-order valence-corrected chi connectivity index (χ2v) is 7.08. The van der Waals surface area contributed by atoms with Crippen LogP contribution in [0.5, 0.6) is 0 Å². The van der Waals surface area contributed by atoms with Gasteiger partial charge in [-0.2, -0.15) is 0 Å². The van der Waals surface area contributed by atoms with Crippen LogP contribution in [0.2, 0.25) is 0 Å². The Balaban J connectivity index is 2.63. The van der Waals surface area contributed by atoms with Crippen LogP contribution in [0.3, 0.4) is 0 Å². The summed E-state index contributed by atoms with van der Waals surface area (Å²) in [5.41, 5.74) is 1.23. The zero-order chi connectivity index (χ0) is 21.1. The molecule has 2 amide bonds. The number of likely N-dealkylation sites (N-methyl/N-ethyl adjacent to an activating group) is 4. The molecular weight excluding hydrogens is 352 g/mol. The van der Waals surface area contributed by atoms with E-state index >= 15 is 0 Å². The number of hydrogen-bond acceptors (Lipinski definition) is 4. The van der Waals surface area contributed by atoms with Crippen LogP contribution in [0.1, 0.15) is 48.4 Å². The van der Waals surface area contributed by atoms with E-state index in [-0.39, 0.29) is 11.8 Å². The Morgan fingerprint density at radius 3 is 1.14 bits per heavy atom. The van der Waals surface area contributed by atoms with Crippen molar-refractivity contribution in [3.8, 4) is 0 Å². The van der Waals surface area contributed by atoms with Crippen LogP contribution in [-0.2, 0) is 0 Å². The van der Waals surface area contributed by atoms with Gasteiger partial charge in [0.2, 0.25) is 0 Å². The molecule has 0 fully saturated rings. The van der Waals surface area contributed by atoms with Gasteiger partial charge in [0.1, 0.15) is 0 Å². The summed E-state index contributed by atoms with van der Waals surface area (Å²) in [4.78, 5) is 33.3. The van der Waals surface area contributed by atoms with Crippen LogP contribution >= 0.6 is 0 Å². The summed E-state index contributed by atoms with van der Waals surface area (Å²) in [6, 6.07) is 7.01. The van der Waals surface area contributed by atoms with Gasteiger partial charge in [0, 0.05) is 51.4 Å². The zero-order valence-corrected chi connectivity index (χ0v) is 18.6. The van der Waals surface area contributed by atoms with Gasteiger partial charge in [0.15, 0.2) is 0 Å². The molecule has 0 unspecified atom stereocenters. The number of nitrogens with zero attached hydrogens (tertiary/aromatic N) is 4. The third-order valence-corrected chi connectivity index (χ3v) is 5.36. The first kappa shape index (κ1) is 24.1. The first-order valence-corrected chi connectivity index (χ1v) is 10.4. The minimum atomic E-state index is -0.0129. The second-order valence-electron chi connectivity index (χ2n) is 7.08. The molecule has 0 atom stereocenters. The monoisotopic (exact) mass is 390 g/mol. The predicted octanol–water partition coefficient (Wildman–Crippen LogP) is 2.51. The van der Waals surface area contributed by atoms with Crippen molar-refractivity contribution in [2.24, 2.45) is 0 Å². The van der Waals surface area contributed by atoms with Gasteiger partial charge < -0.3 is 19.6 Å². The molecule has 0 aromatic heterocycles. The average Bonchev–Trinajstić information content (AvgIpc) is 2.73. The lowest BCUT2D eigenvalue weighted by Crippen LogP contribution is -2.36. The predicted molar refractivity (Wildman–Crippen MR) is 116 cm³/mol. The summed E-state index contributed by atoms with van der Waals surface area (Å²) in [5, 5.41) is 0. The third-order valence-electron chi connectivity index (χ3n) is 5.36. The molecule has 0 N–H and O–H groups in total. The quantitative estimate of drug-likeness (QED) is 0.550. The molecule has 158 valence electrons. The molecule has 6 nitrogen and oxygen atoms in total. The van der Waals surface area contributed by atoms with E-state index in [1.165, 1.54) is 0 Å². The Morgan fingerprint density at radius 1 is 0.607 bits per heavy atom. The van der Waals surface area contributed by atoms with E-state index in [1.807, 2.05) is 14.1 Å². The molecule has 0 aliphatic heterocycles. The summed E-state index contributed by atoms with van der Waals surface area (Å²) in [7, 11) is 3.65. The van der Waals surface area contributed by atoms with E-state index in [9.17, 15) is 9.59 Å². The fraction of sp³-hybridized carbons (Fsp3) is 0.636. The first-order chi connectivity index (χ1) is 13.4. The van der Waals surface area contributed by atoms with Crippen molar-refractivity contribution in [3.05, 3.63) is 35.4 Å². The van der Waals surface area contributed by atoms with Gasteiger partial charge in [-0.15, -0.1) is 0 Å². The van der Waals surface area contributed by atoms with Crippen molar-refractivity contribution >= 4 is 11.8 Å². The van der Waals surface area contributed by atoms with E-state index in [0.29, 0.717) is 24.2 Å². The molecule has 1 rings (SSSR count). The summed E-state index contributed by atoms with van der Waals surface area (Å²) in [6.07, 6.45) is 0. The van der Waals surface area contributed by atoms with Gasteiger partial charge in [-0.25, -0.2) is 0 Å². The van der Waals surface area contributed by atoms with Crippen LogP contribution in [-0.4, -0.2) is 97.9 Å². The van der Waals surface area contributed by atoms with Gasteiger partial charge >= 0.3 is 0 Å². The van der Waals surface area contributed by atoms with Gasteiger partial charge in [-0.3, -0.25) is 9.59 Å². The lowest BCUT2D eigenvalue weighted by molar-refractivity contribution is 0.0768. The van der Waals surface area contributed by atoms with E-state index in [4.69, 9.17) is 0 Å². The second kappa shape index (κ2) is 12.5. The van der Waals surface area contributed by atoms with E-state index in [1.54, 1.807) is 34.1 Å². The van der Waals surface area contributed by atoms with Gasteiger partial charge in [-0.05, 0) is 50.4 Å². The van der Waals surface area contributed by atoms with Gasteiger partial charge in [0.25, 0.3) is 11.8 Å². The number of benzene rings is 1. The van der Waals surface area contributed by atoms with Crippen LogP contribution < -0.4 is 0 Å². The van der Waals surface area contributed by atoms with Crippen molar-refractivity contribution in [2.45, 2.75) is 27.7 Å². The lowest BCUT2D eigenvalue weighted by Gasteiger charge is -2.24. The minimum Gasteiger partial charge on any atom is -0.340 e. The summed E-state index contributed by atoms with van der Waals surface area (Å²) < 4.78 is 0. The zero-order valence-electron chi connectivity index (χ0n) is 18.6. The Hall–Kier alpha value is -1.92. The maximum atomic E-state index is 12.6. The Morgan fingerprint density at radius 2 is 0.893 bits per heavy atom. The molecule has 0 aliphatic rings. The van der Waals surface area contributed by atoms with Crippen molar-refractivity contribution in [2.75, 3.05) is 66.5 Å². The summed E-state index contributed by atoms with van der Waals surface area (Å²) >= 11 is 0. The van der Waals surface area contributed by atoms with Crippen LogP contribution in [0.15, 0.2) is 24.3 Å². The molecule has 1 aromatic rings. The topological polar surface area (TPSA) is 47.1 Å². The van der Waals surface area contributed by atoms with Crippen LogP contribution in [0.25, 0.3) is 0 Å². The van der Waals surface area contributed by atoms with E-state index in [2.05, 4.69) is 37.5 Å². The molecule has 0 radical (unpaired) electrons. The highest BCUT2D eigenvalue weighted by atomic mass is 16.2. The van der Waals surface area contributed by atoms with Gasteiger partial charge in [0.05, 0.1) is 0 Å². The summed E-state index contributed by atoms with van der Waals surface area (Å²) in [6.45, 7) is 15.5. The maximum Gasteiger partial charge on any atom is 0.253 e. The SMILES string of the molecule is CCN(CC)CCN(C)C(=O)c1ccc(C(=O)N(C)CCN(CC)CC)cc1. The highest BCUT2D eigenvalue weighted by molar-refractivity contribution is 5.97. The Kier molecular flexibility index (Phi) is 10.8. The highest BCUT2D eigenvalue weighted by Crippen LogP contribution is 2.09. The molecule has 0 aliphatic carbocycles. The number of rotatable bonds is 12. The van der Waals surface area contributed by atoms with Crippen molar-refractivity contribution < 1.29 is 9.59 Å². The smallest absolute Gasteiger partial charge is 0.253 e. The number of carbonyl (C=O) groups is 2. The molecule has 1 aromatic carbocycles. The maximum absolute atomic E-state index is 12.6. The molecule has 0 spiro atoms. The first-order valence-electron chi connectivity index (χ1n) is 10.4. The van der Waals surface area contributed by atoms with Crippen LogP contribution in [0.4, 0.5) is 0 Å². The minimum absolute atomic E-state index is 0.0129. The highest BCUT2D eigenvalue weighted by Gasteiger charge is 2.16. The normalized spacial score (nSPS) is 11.1. The number of amides is 2. The molecule has 0 bridgehead atoms. The third kappa shape index (κ3) is 7.24. The summed E-state index contributed by atoms with van der Waals surface area (Å²) in [5.74, 6) is -0.0258. The number of hydrogen-bond donors (Lipinski definition) is 0. The van der Waals surface area contributed by atoms with E-state index < -0.39 is 0 Å². The van der Waals surface area contributed by atoms with Crippen molar-refractivity contribution in [1.29, 1.82) is 0 Å². The Bertz CT molecular complexity index is 542. The lowest BCUT2D eigenvalue weighted by atomic mass is 10.1. The standard InChI is InChI=1S/C22H38N4O2/c1-7-25(8-2)17-15-23(5)21(27)19-11-13-20(14-12-19)22(28)24(6)16-18-26(9-3)10-4/h11-14H,7-10,15-18H2,1-6H3. The molecular formula is C22H38N4O2. The fourth-order valence-corrected chi connectivity index (χ4v) is 3.06. The van der Waals surface area contributed by atoms with Crippen molar-refractivity contribution in [1.82, 2.24) is 19.6 Å². The fourth-order valence-electron chi connectivity index (χ4n) is 3.06. The average molecular weight is 391 g/mol.